The van der Waals surface area contributed by atoms with Gasteiger partial charge in [0, 0.05) is 4.90 Å². The van der Waals surface area contributed by atoms with Crippen molar-refractivity contribution < 1.29 is 14.6 Å². The molecule has 0 unspecified atom stereocenters. The zero-order valence-electron chi connectivity index (χ0n) is 17.3. The molecule has 4 aromatic rings. The van der Waals surface area contributed by atoms with Crippen molar-refractivity contribution in [2.45, 2.75) is 4.90 Å². The molecule has 0 spiro atoms. The number of benzene rings is 4. The van der Waals surface area contributed by atoms with Crippen LogP contribution in [-0.4, -0.2) is 5.26 Å². The molecule has 0 atom stereocenters. The van der Waals surface area contributed by atoms with Crippen LogP contribution in [0, 0.1) is 0 Å². The average molecular weight is 439 g/mol. The second kappa shape index (κ2) is 11.3. The van der Waals surface area contributed by atoms with Crippen molar-refractivity contribution in [3.8, 4) is 11.1 Å². The van der Waals surface area contributed by atoms with Gasteiger partial charge in [-0.25, -0.2) is 5.26 Å². The van der Waals surface area contributed by atoms with Gasteiger partial charge in [-0.3, -0.25) is 0 Å². The van der Waals surface area contributed by atoms with E-state index in [9.17, 15) is 0 Å². The molecule has 0 saturated heterocycles. The third-order valence-corrected chi connectivity index (χ3v) is 5.48. The van der Waals surface area contributed by atoms with Gasteiger partial charge in [0.2, 0.25) is 0 Å². The van der Waals surface area contributed by atoms with E-state index in [4.69, 9.17) is 5.26 Å². The fourth-order valence-electron chi connectivity index (χ4n) is 3.25. The minimum Gasteiger partial charge on any atom is -0.220 e. The highest BCUT2D eigenvalue weighted by molar-refractivity contribution is 7.94. The van der Waals surface area contributed by atoms with E-state index in [0.29, 0.717) is 0 Å². The summed E-state index contributed by atoms with van der Waals surface area (Å²) in [6.45, 7) is 0. The molecule has 3 nitrogen and oxygen atoms in total. The van der Waals surface area contributed by atoms with Gasteiger partial charge in [0.25, 0.3) is 0 Å². The molecule has 0 amide bonds. The van der Waals surface area contributed by atoms with Crippen LogP contribution in [0.4, 0.5) is 0 Å². The van der Waals surface area contributed by atoms with E-state index in [1.165, 1.54) is 22.3 Å². The van der Waals surface area contributed by atoms with E-state index in [-0.39, 0.29) is 0 Å². The Kier molecular flexibility index (Phi) is 7.69. The molecule has 0 fully saturated rings. The Hall–Kier alpha value is -3.41. The highest BCUT2D eigenvalue weighted by atomic mass is 32.2. The Morgan fingerprint density at radius 3 is 1.59 bits per heavy atom. The lowest BCUT2D eigenvalue weighted by atomic mass is 10.0. The maximum Gasteiger partial charge on any atom is 0.0714 e. The van der Waals surface area contributed by atoms with Gasteiger partial charge in [0.1, 0.15) is 0 Å². The lowest BCUT2D eigenvalue weighted by molar-refractivity contribution is -0.432. The summed E-state index contributed by atoms with van der Waals surface area (Å²) in [5, 5.41) is 11.9. The van der Waals surface area contributed by atoms with Gasteiger partial charge in [-0.2, -0.15) is 0 Å². The average Bonchev–Trinajstić information content (AvgIpc) is 2.86. The summed E-state index contributed by atoms with van der Waals surface area (Å²) < 4.78 is 4.48. The Bertz CT molecular complexity index is 1180. The lowest BCUT2D eigenvalue weighted by Crippen LogP contribution is -1.81. The topological polar surface area (TPSA) is 38.7 Å². The standard InChI is InChI=1S/C28H22O3S/c29-30-31-32-28-8-4-7-25(21-28)12-11-24-15-19-27(20-16-24)26-17-13-23(14-18-26)10-9-22-5-2-1-3-6-22/h1-21,29H/b10-9+,12-11+. The fraction of sp³-hybridized carbons (Fsp3) is 0. The highest BCUT2D eigenvalue weighted by Gasteiger charge is 1.99. The zero-order chi connectivity index (χ0) is 22.0. The summed E-state index contributed by atoms with van der Waals surface area (Å²) in [6, 6.07) is 35.1. The van der Waals surface area contributed by atoms with Crippen LogP contribution in [0.3, 0.4) is 0 Å². The van der Waals surface area contributed by atoms with E-state index >= 15 is 0 Å². The zero-order valence-corrected chi connectivity index (χ0v) is 18.1. The van der Waals surface area contributed by atoms with Crippen LogP contribution in [0.2, 0.25) is 0 Å². The third kappa shape index (κ3) is 6.30. The minimum atomic E-state index is 0.832. The van der Waals surface area contributed by atoms with Crippen LogP contribution in [-0.2, 0) is 9.37 Å². The molecule has 0 saturated carbocycles. The SMILES string of the molecule is OOOSc1cccc(/C=C/c2ccc(-c3ccc(/C=C/c4ccccc4)cc3)cc2)c1. The number of hydrogen-bond donors (Lipinski definition) is 1. The van der Waals surface area contributed by atoms with Crippen molar-refractivity contribution in [2.24, 2.45) is 0 Å². The molecule has 32 heavy (non-hydrogen) atoms. The summed E-state index contributed by atoms with van der Waals surface area (Å²) in [4.78, 5) is 0.832. The van der Waals surface area contributed by atoms with Crippen molar-refractivity contribution in [3.05, 3.63) is 125 Å². The van der Waals surface area contributed by atoms with Gasteiger partial charge in [0.05, 0.1) is 12.0 Å². The second-order valence-corrected chi connectivity index (χ2v) is 7.89. The Balaban J connectivity index is 1.40. The highest BCUT2D eigenvalue weighted by Crippen LogP contribution is 2.23. The molecular weight excluding hydrogens is 416 g/mol. The van der Waals surface area contributed by atoms with Crippen molar-refractivity contribution in [3.63, 3.8) is 0 Å². The van der Waals surface area contributed by atoms with Gasteiger partial charge < -0.3 is 0 Å². The maximum atomic E-state index is 8.27. The third-order valence-electron chi connectivity index (χ3n) is 4.91. The molecule has 4 rings (SSSR count). The normalized spacial score (nSPS) is 11.4. The first-order chi connectivity index (χ1) is 15.8. The lowest BCUT2D eigenvalue weighted by Gasteiger charge is -2.04. The first-order valence-corrected chi connectivity index (χ1v) is 10.9. The summed E-state index contributed by atoms with van der Waals surface area (Å²) in [5.41, 5.74) is 6.88. The molecule has 0 radical (unpaired) electrons. The van der Waals surface area contributed by atoms with Crippen LogP contribution in [0.25, 0.3) is 35.4 Å². The largest absolute Gasteiger partial charge is 0.220 e. The van der Waals surface area contributed by atoms with E-state index in [2.05, 4.69) is 88.3 Å². The predicted octanol–water partition coefficient (Wildman–Crippen LogP) is 8.12. The molecule has 4 heteroatoms. The number of hydrogen-bond acceptors (Lipinski definition) is 4. The smallest absolute Gasteiger partial charge is 0.0714 e. The Morgan fingerprint density at radius 1 is 0.531 bits per heavy atom. The van der Waals surface area contributed by atoms with Crippen molar-refractivity contribution in [1.82, 2.24) is 0 Å². The summed E-state index contributed by atoms with van der Waals surface area (Å²) in [5.74, 6) is 0. The first-order valence-electron chi connectivity index (χ1n) is 10.2. The van der Waals surface area contributed by atoms with E-state index in [1.807, 2.05) is 48.5 Å². The molecule has 0 aliphatic rings. The molecule has 158 valence electrons. The van der Waals surface area contributed by atoms with Crippen LogP contribution in [0.1, 0.15) is 22.3 Å². The molecule has 4 aromatic carbocycles. The van der Waals surface area contributed by atoms with Gasteiger partial charge in [-0.1, -0.05) is 120 Å². The summed E-state index contributed by atoms with van der Waals surface area (Å²) in [7, 11) is 0. The molecule has 0 heterocycles. The van der Waals surface area contributed by atoms with Crippen LogP contribution in [0.15, 0.2) is 108 Å². The molecule has 0 aliphatic heterocycles. The second-order valence-electron chi connectivity index (χ2n) is 7.12. The summed E-state index contributed by atoms with van der Waals surface area (Å²) >= 11 is 0.948. The molecule has 0 aromatic heterocycles. The first kappa shape index (κ1) is 21.8. The molecule has 0 bridgehead atoms. The van der Waals surface area contributed by atoms with Gasteiger partial charge >= 0.3 is 0 Å². The van der Waals surface area contributed by atoms with Gasteiger partial charge in [-0.05, 0) is 45.5 Å². The van der Waals surface area contributed by atoms with E-state index < -0.39 is 0 Å². The van der Waals surface area contributed by atoms with Crippen molar-refractivity contribution in [1.29, 1.82) is 0 Å². The van der Waals surface area contributed by atoms with Gasteiger partial charge in [-0.15, -0.1) is 4.33 Å². The van der Waals surface area contributed by atoms with Crippen LogP contribution >= 0.6 is 12.0 Å². The molecule has 1 N–H and O–H groups in total. The van der Waals surface area contributed by atoms with Crippen LogP contribution in [0.5, 0.6) is 0 Å². The van der Waals surface area contributed by atoms with Crippen molar-refractivity contribution in [2.75, 3.05) is 0 Å². The van der Waals surface area contributed by atoms with E-state index in [1.54, 1.807) is 0 Å². The van der Waals surface area contributed by atoms with Gasteiger partial charge in [0.15, 0.2) is 0 Å². The van der Waals surface area contributed by atoms with E-state index in [0.717, 1.165) is 28.1 Å². The van der Waals surface area contributed by atoms with Crippen LogP contribution < -0.4 is 0 Å². The molecule has 0 aliphatic carbocycles. The number of rotatable bonds is 8. The fourth-order valence-corrected chi connectivity index (χ4v) is 3.67. The molecular formula is C28H22O3S. The quantitative estimate of drug-likeness (QED) is 0.130. The summed E-state index contributed by atoms with van der Waals surface area (Å²) in [6.07, 6.45) is 8.35. The Labute approximate surface area is 192 Å². The predicted molar refractivity (Wildman–Crippen MR) is 133 cm³/mol. The monoisotopic (exact) mass is 438 g/mol. The minimum absolute atomic E-state index is 0.832. The van der Waals surface area contributed by atoms with Crippen molar-refractivity contribution >= 4 is 36.3 Å². The maximum absolute atomic E-state index is 8.27. The Morgan fingerprint density at radius 2 is 1.03 bits per heavy atom.